The fourth-order valence-corrected chi connectivity index (χ4v) is 2.44. The van der Waals surface area contributed by atoms with E-state index in [1.54, 1.807) is 0 Å². The predicted octanol–water partition coefficient (Wildman–Crippen LogP) is -1.74. The summed E-state index contributed by atoms with van der Waals surface area (Å²) in [4.78, 5) is 0. The Hall–Kier alpha value is 0.870. The van der Waals surface area contributed by atoms with Crippen LogP contribution in [-0.4, -0.2) is 29.4 Å². The van der Waals surface area contributed by atoms with Gasteiger partial charge in [-0.2, -0.15) is 0 Å². The van der Waals surface area contributed by atoms with Crippen molar-refractivity contribution in [1.29, 1.82) is 0 Å². The van der Waals surface area contributed by atoms with E-state index in [2.05, 4.69) is 0 Å². The Morgan fingerprint density at radius 2 is 1.67 bits per heavy atom. The molecule has 0 spiro atoms. The summed E-state index contributed by atoms with van der Waals surface area (Å²) in [6, 6.07) is 0. The fraction of sp³-hybridized carbons (Fsp3) is 1.00. The van der Waals surface area contributed by atoms with Crippen LogP contribution < -0.4 is 29.6 Å². The van der Waals surface area contributed by atoms with Crippen molar-refractivity contribution in [2.75, 3.05) is 0 Å². The molecule has 1 N–H and O–H groups in total. The molecular formula is C9H19NaO4S. The zero-order chi connectivity index (χ0) is 11.2. The number of rotatable bonds is 7. The van der Waals surface area contributed by atoms with Gasteiger partial charge >= 0.3 is 29.6 Å². The Labute approximate surface area is 114 Å². The summed E-state index contributed by atoms with van der Waals surface area (Å²) in [5.41, 5.74) is 0. The third kappa shape index (κ3) is 8.65. The first-order valence-electron chi connectivity index (χ1n) is 5.04. The third-order valence-corrected chi connectivity index (χ3v) is 3.42. The molecule has 0 saturated carbocycles. The summed E-state index contributed by atoms with van der Waals surface area (Å²) in [5, 5.41) is 8.48. The van der Waals surface area contributed by atoms with Crippen LogP contribution in [0.2, 0.25) is 0 Å². The molecule has 6 heteroatoms. The second kappa shape index (κ2) is 8.96. The van der Waals surface area contributed by atoms with Gasteiger partial charge in [-0.3, -0.25) is 0 Å². The van der Waals surface area contributed by atoms with Gasteiger partial charge in [0.25, 0.3) is 0 Å². The topological polar surface area (TPSA) is 77.4 Å². The molecule has 86 valence electrons. The number of aliphatic hydroxyl groups is 1. The van der Waals surface area contributed by atoms with Crippen LogP contribution in [0.4, 0.5) is 0 Å². The Morgan fingerprint density at radius 1 is 1.20 bits per heavy atom. The number of aliphatic hydroxyl groups excluding tert-OH is 1. The van der Waals surface area contributed by atoms with Crippen LogP contribution in [0.1, 0.15) is 46.0 Å². The van der Waals surface area contributed by atoms with E-state index in [4.69, 9.17) is 0 Å². The molecular weight excluding hydrogens is 227 g/mol. The molecule has 4 nitrogen and oxygen atoms in total. The summed E-state index contributed by atoms with van der Waals surface area (Å²) >= 11 is 0. The van der Waals surface area contributed by atoms with Gasteiger partial charge in [0.15, 0.2) is 0 Å². The molecule has 0 amide bonds. The minimum absolute atomic E-state index is 0. The molecule has 0 aliphatic carbocycles. The van der Waals surface area contributed by atoms with Crippen molar-refractivity contribution in [3.63, 3.8) is 0 Å². The number of hydrogen-bond donors (Lipinski definition) is 1. The average Bonchev–Trinajstić information content (AvgIpc) is 2.02. The Bertz CT molecular complexity index is 240. The van der Waals surface area contributed by atoms with Gasteiger partial charge in [-0.05, 0) is 19.3 Å². The minimum atomic E-state index is -4.25. The summed E-state index contributed by atoms with van der Waals surface area (Å²) < 4.78 is 32.4. The summed E-state index contributed by atoms with van der Waals surface area (Å²) in [6.45, 7) is 3.73. The van der Waals surface area contributed by atoms with Crippen molar-refractivity contribution in [2.24, 2.45) is 0 Å². The molecule has 2 unspecified atom stereocenters. The van der Waals surface area contributed by atoms with Crippen molar-refractivity contribution in [2.45, 2.75) is 57.3 Å². The van der Waals surface area contributed by atoms with E-state index in [-0.39, 0.29) is 36.0 Å². The molecule has 0 bridgehead atoms. The molecule has 0 rings (SSSR count). The fourth-order valence-electron chi connectivity index (χ4n) is 1.46. The summed E-state index contributed by atoms with van der Waals surface area (Å²) in [7, 11) is -4.25. The van der Waals surface area contributed by atoms with Gasteiger partial charge in [0.1, 0.15) is 0 Å². The number of hydrogen-bond acceptors (Lipinski definition) is 4. The molecule has 15 heavy (non-hydrogen) atoms. The first kappa shape index (κ1) is 18.2. The SMILES string of the molecule is CCCC(O)CC(CCC)S(=O)(=O)[O-].[Na+]. The van der Waals surface area contributed by atoms with Crippen molar-refractivity contribution >= 4 is 10.1 Å². The Kier molecular flexibility index (Phi) is 10.9. The van der Waals surface area contributed by atoms with Crippen molar-refractivity contribution in [3.8, 4) is 0 Å². The summed E-state index contributed by atoms with van der Waals surface area (Å²) in [5.74, 6) is 0. The largest absolute Gasteiger partial charge is 1.00 e. The van der Waals surface area contributed by atoms with Crippen LogP contribution >= 0.6 is 0 Å². The van der Waals surface area contributed by atoms with Gasteiger partial charge in [0.2, 0.25) is 0 Å². The van der Waals surface area contributed by atoms with E-state index in [1.807, 2.05) is 13.8 Å². The van der Waals surface area contributed by atoms with Crippen molar-refractivity contribution in [1.82, 2.24) is 0 Å². The second-order valence-electron chi connectivity index (χ2n) is 3.58. The van der Waals surface area contributed by atoms with Crippen molar-refractivity contribution < 1.29 is 47.6 Å². The molecule has 0 aromatic heterocycles. The van der Waals surface area contributed by atoms with E-state index in [9.17, 15) is 18.1 Å². The van der Waals surface area contributed by atoms with Crippen LogP contribution in [0.25, 0.3) is 0 Å². The molecule has 0 aliphatic rings. The van der Waals surface area contributed by atoms with Gasteiger partial charge in [0, 0.05) is 0 Å². The molecule has 2 atom stereocenters. The third-order valence-electron chi connectivity index (χ3n) is 2.18. The zero-order valence-corrected chi connectivity index (χ0v) is 12.6. The predicted molar refractivity (Wildman–Crippen MR) is 53.9 cm³/mol. The Morgan fingerprint density at radius 3 is 2.00 bits per heavy atom. The van der Waals surface area contributed by atoms with Gasteiger partial charge < -0.3 is 9.66 Å². The molecule has 0 heterocycles. The maximum atomic E-state index is 10.8. The van der Waals surface area contributed by atoms with Crippen LogP contribution in [0.15, 0.2) is 0 Å². The maximum absolute atomic E-state index is 10.8. The van der Waals surface area contributed by atoms with E-state index < -0.39 is 21.5 Å². The van der Waals surface area contributed by atoms with E-state index in [0.717, 1.165) is 6.42 Å². The van der Waals surface area contributed by atoms with Gasteiger partial charge in [0.05, 0.1) is 21.5 Å². The monoisotopic (exact) mass is 246 g/mol. The Balaban J connectivity index is 0. The van der Waals surface area contributed by atoms with Gasteiger partial charge in [-0.25, -0.2) is 8.42 Å². The molecule has 0 aromatic carbocycles. The molecule has 0 fully saturated rings. The van der Waals surface area contributed by atoms with Crippen LogP contribution in [-0.2, 0) is 10.1 Å². The van der Waals surface area contributed by atoms with Crippen LogP contribution in [0.5, 0.6) is 0 Å². The smallest absolute Gasteiger partial charge is 0.748 e. The minimum Gasteiger partial charge on any atom is -0.748 e. The second-order valence-corrected chi connectivity index (χ2v) is 5.23. The van der Waals surface area contributed by atoms with E-state index in [1.165, 1.54) is 0 Å². The van der Waals surface area contributed by atoms with Crippen LogP contribution in [0, 0.1) is 0 Å². The maximum Gasteiger partial charge on any atom is 1.00 e. The van der Waals surface area contributed by atoms with Crippen molar-refractivity contribution in [3.05, 3.63) is 0 Å². The molecule has 0 aliphatic heterocycles. The van der Waals surface area contributed by atoms with E-state index in [0.29, 0.717) is 19.3 Å². The zero-order valence-electron chi connectivity index (χ0n) is 9.77. The quantitative estimate of drug-likeness (QED) is 0.427. The van der Waals surface area contributed by atoms with Crippen LogP contribution in [0.3, 0.4) is 0 Å². The molecule has 0 saturated heterocycles. The summed E-state index contributed by atoms with van der Waals surface area (Å²) in [6.07, 6.45) is 1.74. The van der Waals surface area contributed by atoms with E-state index >= 15 is 0 Å². The standard InChI is InChI=1S/C9H20O4S.Na/c1-3-5-8(10)7-9(6-4-2)14(11,12)13;/h8-10H,3-7H2,1-2H3,(H,11,12,13);/q;+1/p-1. The first-order valence-corrected chi connectivity index (χ1v) is 6.51. The normalized spacial score (nSPS) is 15.5. The first-order chi connectivity index (χ1) is 6.41. The molecule has 0 radical (unpaired) electrons. The average molecular weight is 246 g/mol. The molecule has 0 aromatic rings. The van der Waals surface area contributed by atoms with Gasteiger partial charge in [-0.1, -0.05) is 26.7 Å². The van der Waals surface area contributed by atoms with Gasteiger partial charge in [-0.15, -0.1) is 0 Å².